The molecule has 0 radical (unpaired) electrons. The third-order valence-corrected chi connectivity index (χ3v) is 2.67. The van der Waals surface area contributed by atoms with Crippen LogP contribution in [0.25, 0.3) is 10.9 Å². The van der Waals surface area contributed by atoms with Crippen molar-refractivity contribution in [1.29, 1.82) is 0 Å². The molecule has 0 aliphatic rings. The van der Waals surface area contributed by atoms with E-state index in [9.17, 15) is 4.79 Å². The van der Waals surface area contributed by atoms with E-state index in [1.807, 2.05) is 13.0 Å². The van der Waals surface area contributed by atoms with E-state index in [1.54, 1.807) is 6.07 Å². The molecule has 0 amide bonds. The smallest absolute Gasteiger partial charge is 0.259 e. The number of benzene rings is 1. The van der Waals surface area contributed by atoms with E-state index < -0.39 is 0 Å². The average molecular weight is 271 g/mol. The molecule has 0 bridgehead atoms. The van der Waals surface area contributed by atoms with E-state index in [4.69, 9.17) is 12.2 Å². The Kier molecular flexibility index (Phi) is 2.28. The van der Waals surface area contributed by atoms with Gasteiger partial charge in [-0.3, -0.25) is 9.78 Å². The number of aromatic nitrogens is 2. The maximum atomic E-state index is 11.5. The molecule has 14 heavy (non-hydrogen) atoms. The second-order valence-electron chi connectivity index (χ2n) is 3.05. The van der Waals surface area contributed by atoms with Crippen molar-refractivity contribution in [3.63, 3.8) is 0 Å². The molecular formula is C9H7BrN2OS. The first kappa shape index (κ1) is 9.61. The van der Waals surface area contributed by atoms with E-state index in [-0.39, 0.29) is 5.56 Å². The SMILES string of the molecule is Cc1cc(Br)cc2c(=O)[nH]c(=S)[nH]c12. The Morgan fingerprint density at radius 3 is 2.79 bits per heavy atom. The van der Waals surface area contributed by atoms with Gasteiger partial charge in [-0.15, -0.1) is 0 Å². The maximum Gasteiger partial charge on any atom is 0.259 e. The fraction of sp³-hybridized carbons (Fsp3) is 0.111. The van der Waals surface area contributed by atoms with Gasteiger partial charge in [0.25, 0.3) is 5.56 Å². The lowest BCUT2D eigenvalue weighted by molar-refractivity contribution is 1.13. The summed E-state index contributed by atoms with van der Waals surface area (Å²) < 4.78 is 1.24. The fourth-order valence-electron chi connectivity index (χ4n) is 1.40. The van der Waals surface area contributed by atoms with Crippen LogP contribution in [0.1, 0.15) is 5.56 Å². The lowest BCUT2D eigenvalue weighted by Crippen LogP contribution is -2.08. The largest absolute Gasteiger partial charge is 0.332 e. The zero-order valence-corrected chi connectivity index (χ0v) is 9.75. The fourth-order valence-corrected chi connectivity index (χ4v) is 2.17. The number of aryl methyl sites for hydroxylation is 1. The van der Waals surface area contributed by atoms with Crippen molar-refractivity contribution in [2.75, 3.05) is 0 Å². The number of rotatable bonds is 0. The predicted octanol–water partition coefficient (Wildman–Crippen LogP) is 2.66. The van der Waals surface area contributed by atoms with Crippen LogP contribution in [0.2, 0.25) is 0 Å². The van der Waals surface area contributed by atoms with Gasteiger partial charge in [0.15, 0.2) is 4.77 Å². The molecule has 3 nitrogen and oxygen atoms in total. The van der Waals surface area contributed by atoms with Gasteiger partial charge < -0.3 is 4.98 Å². The number of halogens is 1. The van der Waals surface area contributed by atoms with Crippen LogP contribution in [0.3, 0.4) is 0 Å². The molecule has 0 atom stereocenters. The van der Waals surface area contributed by atoms with Crippen molar-refractivity contribution in [3.8, 4) is 0 Å². The number of hydrogen-bond acceptors (Lipinski definition) is 2. The van der Waals surface area contributed by atoms with Gasteiger partial charge in [-0.2, -0.15) is 0 Å². The maximum absolute atomic E-state index is 11.5. The molecule has 2 aromatic rings. The number of aromatic amines is 2. The highest BCUT2D eigenvalue weighted by atomic mass is 79.9. The molecule has 2 rings (SSSR count). The third kappa shape index (κ3) is 1.53. The quantitative estimate of drug-likeness (QED) is 0.724. The van der Waals surface area contributed by atoms with E-state index in [2.05, 4.69) is 25.9 Å². The Balaban J connectivity index is 3.10. The molecular weight excluding hydrogens is 264 g/mol. The molecule has 0 saturated carbocycles. The van der Waals surface area contributed by atoms with E-state index in [0.717, 1.165) is 15.6 Å². The molecule has 0 aliphatic carbocycles. The second-order valence-corrected chi connectivity index (χ2v) is 4.38. The van der Waals surface area contributed by atoms with Crippen molar-refractivity contribution in [1.82, 2.24) is 9.97 Å². The predicted molar refractivity (Wildman–Crippen MR) is 62.2 cm³/mol. The Hall–Kier alpha value is -0.940. The molecule has 1 aromatic carbocycles. The van der Waals surface area contributed by atoms with Gasteiger partial charge >= 0.3 is 0 Å². The van der Waals surface area contributed by atoms with E-state index >= 15 is 0 Å². The van der Waals surface area contributed by atoms with E-state index in [1.165, 1.54) is 0 Å². The van der Waals surface area contributed by atoms with Crippen molar-refractivity contribution in [2.45, 2.75) is 6.92 Å². The summed E-state index contributed by atoms with van der Waals surface area (Å²) in [6.07, 6.45) is 0. The summed E-state index contributed by atoms with van der Waals surface area (Å²) >= 11 is 8.24. The van der Waals surface area contributed by atoms with Crippen molar-refractivity contribution >= 4 is 39.1 Å². The Labute approximate surface area is 93.3 Å². The molecule has 1 heterocycles. The van der Waals surface area contributed by atoms with Crippen LogP contribution in [0.5, 0.6) is 0 Å². The van der Waals surface area contributed by atoms with Crippen molar-refractivity contribution in [2.24, 2.45) is 0 Å². The monoisotopic (exact) mass is 270 g/mol. The van der Waals surface area contributed by atoms with Gasteiger partial charge in [0.05, 0.1) is 10.9 Å². The minimum absolute atomic E-state index is 0.159. The topological polar surface area (TPSA) is 48.6 Å². The third-order valence-electron chi connectivity index (χ3n) is 2.01. The zero-order chi connectivity index (χ0) is 10.3. The number of fused-ring (bicyclic) bond motifs is 1. The summed E-state index contributed by atoms with van der Waals surface area (Å²) in [5.41, 5.74) is 1.63. The van der Waals surface area contributed by atoms with Crippen molar-refractivity contribution in [3.05, 3.63) is 37.3 Å². The van der Waals surface area contributed by atoms with Crippen LogP contribution in [0.15, 0.2) is 21.4 Å². The Morgan fingerprint density at radius 2 is 2.07 bits per heavy atom. The van der Waals surface area contributed by atoms with Gasteiger partial charge in [-0.1, -0.05) is 15.9 Å². The van der Waals surface area contributed by atoms with Gasteiger partial charge in [0.1, 0.15) is 0 Å². The highest BCUT2D eigenvalue weighted by Gasteiger charge is 2.03. The lowest BCUT2D eigenvalue weighted by Gasteiger charge is -2.01. The zero-order valence-electron chi connectivity index (χ0n) is 7.35. The van der Waals surface area contributed by atoms with Crippen LogP contribution in [0, 0.1) is 11.7 Å². The van der Waals surface area contributed by atoms with Crippen LogP contribution in [0.4, 0.5) is 0 Å². The summed E-state index contributed by atoms with van der Waals surface area (Å²) in [5, 5.41) is 0.616. The lowest BCUT2D eigenvalue weighted by atomic mass is 10.1. The highest BCUT2D eigenvalue weighted by Crippen LogP contribution is 2.19. The van der Waals surface area contributed by atoms with Gasteiger partial charge in [-0.25, -0.2) is 0 Å². The second kappa shape index (κ2) is 3.33. The molecule has 0 saturated heterocycles. The van der Waals surface area contributed by atoms with Crippen LogP contribution in [-0.4, -0.2) is 9.97 Å². The first-order chi connectivity index (χ1) is 6.58. The van der Waals surface area contributed by atoms with Crippen LogP contribution in [-0.2, 0) is 0 Å². The van der Waals surface area contributed by atoms with Crippen LogP contribution >= 0.6 is 28.1 Å². The number of nitrogens with one attached hydrogen (secondary N) is 2. The molecule has 0 unspecified atom stereocenters. The summed E-state index contributed by atoms with van der Waals surface area (Å²) in [6.45, 7) is 1.93. The normalized spacial score (nSPS) is 10.7. The van der Waals surface area contributed by atoms with Crippen molar-refractivity contribution < 1.29 is 0 Å². The highest BCUT2D eigenvalue weighted by molar-refractivity contribution is 9.10. The average Bonchev–Trinajstić information content (AvgIpc) is 2.07. The van der Waals surface area contributed by atoms with E-state index in [0.29, 0.717) is 10.2 Å². The van der Waals surface area contributed by atoms with Crippen LogP contribution < -0.4 is 5.56 Å². The molecule has 0 aliphatic heterocycles. The minimum Gasteiger partial charge on any atom is -0.332 e. The molecule has 1 aromatic heterocycles. The van der Waals surface area contributed by atoms with Gasteiger partial charge in [0, 0.05) is 4.47 Å². The summed E-state index contributed by atoms with van der Waals surface area (Å²) in [6, 6.07) is 3.71. The Bertz CT molecular complexity index is 614. The van der Waals surface area contributed by atoms with Gasteiger partial charge in [0.2, 0.25) is 0 Å². The molecule has 2 N–H and O–H groups in total. The number of hydrogen-bond donors (Lipinski definition) is 2. The molecule has 0 spiro atoms. The first-order valence-electron chi connectivity index (χ1n) is 4.00. The first-order valence-corrected chi connectivity index (χ1v) is 5.20. The summed E-state index contributed by atoms with van der Waals surface area (Å²) in [4.78, 5) is 17.1. The molecule has 72 valence electrons. The number of H-pyrrole nitrogens is 2. The van der Waals surface area contributed by atoms with Gasteiger partial charge in [-0.05, 0) is 36.8 Å². The summed E-state index contributed by atoms with van der Waals surface area (Å²) in [5.74, 6) is 0. The Morgan fingerprint density at radius 1 is 1.36 bits per heavy atom. The summed E-state index contributed by atoms with van der Waals surface area (Å²) in [7, 11) is 0. The standard InChI is InChI=1S/C9H7BrN2OS/c1-4-2-5(10)3-6-7(4)11-9(14)12-8(6)13/h2-3H,1H3,(H2,11,12,13,14). The minimum atomic E-state index is -0.159. The molecule has 5 heteroatoms. The molecule has 0 fully saturated rings.